The van der Waals surface area contributed by atoms with E-state index >= 15 is 0 Å². The first kappa shape index (κ1) is 23.6. The number of benzene rings is 2. The number of amides is 1. The van der Waals surface area contributed by atoms with Crippen LogP contribution in [0, 0.1) is 0 Å². The monoisotopic (exact) mass is 435 g/mol. The van der Waals surface area contributed by atoms with Gasteiger partial charge in [0.2, 0.25) is 0 Å². The van der Waals surface area contributed by atoms with Crippen LogP contribution < -0.4 is 9.47 Å². The Morgan fingerprint density at radius 2 is 1.59 bits per heavy atom. The highest BCUT2D eigenvalue weighted by atomic mass is 16.5. The fourth-order valence-corrected chi connectivity index (χ4v) is 3.76. The molecule has 0 aliphatic carbocycles. The molecule has 0 N–H and O–H groups in total. The minimum atomic E-state index is -0.0945. The summed E-state index contributed by atoms with van der Waals surface area (Å²) >= 11 is 0. The molecule has 0 spiro atoms. The van der Waals surface area contributed by atoms with Gasteiger partial charge in [0.1, 0.15) is 17.8 Å². The van der Waals surface area contributed by atoms with Gasteiger partial charge in [0.15, 0.2) is 0 Å². The van der Waals surface area contributed by atoms with Gasteiger partial charge in [0, 0.05) is 30.3 Å². The fraction of sp³-hybridized carbons (Fsp3) is 0.407. The van der Waals surface area contributed by atoms with Crippen LogP contribution in [0.2, 0.25) is 0 Å². The van der Waals surface area contributed by atoms with E-state index in [1.54, 1.807) is 11.0 Å². The summed E-state index contributed by atoms with van der Waals surface area (Å²) in [6.07, 6.45) is 4.75. The number of fused-ring (bicyclic) bond motifs is 1. The summed E-state index contributed by atoms with van der Waals surface area (Å²) in [6, 6.07) is 9.28. The van der Waals surface area contributed by atoms with E-state index in [-0.39, 0.29) is 5.91 Å². The molecule has 2 aromatic carbocycles. The molecule has 1 aliphatic rings. The lowest BCUT2D eigenvalue weighted by Gasteiger charge is -2.21. The standard InChI is InChI=1S/C27H33NO4/c1-5-7-11-31-25-15-26(32-12-8-6-2)24(14-23(25)19(3)4)27(30)28-16-21-10-9-20(18-29)13-22(21)17-28/h9-10,13-15,18H,3,5-8,11-12,16-17H2,1-2,4H3. The van der Waals surface area contributed by atoms with Crippen LogP contribution in [-0.4, -0.2) is 30.3 Å². The summed E-state index contributed by atoms with van der Waals surface area (Å²) in [4.78, 5) is 26.5. The molecule has 5 nitrogen and oxygen atoms in total. The third kappa shape index (κ3) is 5.39. The van der Waals surface area contributed by atoms with Crippen LogP contribution in [0.3, 0.4) is 0 Å². The van der Waals surface area contributed by atoms with Gasteiger partial charge < -0.3 is 14.4 Å². The maximum absolute atomic E-state index is 13.6. The molecular weight excluding hydrogens is 402 g/mol. The maximum Gasteiger partial charge on any atom is 0.258 e. The minimum absolute atomic E-state index is 0.0945. The second-order valence-corrected chi connectivity index (χ2v) is 8.34. The van der Waals surface area contributed by atoms with Gasteiger partial charge in [-0.2, -0.15) is 0 Å². The van der Waals surface area contributed by atoms with Gasteiger partial charge >= 0.3 is 0 Å². The smallest absolute Gasteiger partial charge is 0.258 e. The van der Waals surface area contributed by atoms with E-state index in [1.807, 2.05) is 31.2 Å². The van der Waals surface area contributed by atoms with Gasteiger partial charge in [-0.25, -0.2) is 0 Å². The van der Waals surface area contributed by atoms with Crippen LogP contribution in [0.4, 0.5) is 0 Å². The third-order valence-electron chi connectivity index (χ3n) is 5.66. The average Bonchev–Trinajstić information content (AvgIpc) is 3.22. The topological polar surface area (TPSA) is 55.8 Å². The third-order valence-corrected chi connectivity index (χ3v) is 5.66. The van der Waals surface area contributed by atoms with Crippen molar-refractivity contribution in [3.05, 3.63) is 64.7 Å². The van der Waals surface area contributed by atoms with Crippen molar-refractivity contribution in [1.82, 2.24) is 4.90 Å². The van der Waals surface area contributed by atoms with Crippen LogP contribution in [0.5, 0.6) is 11.5 Å². The van der Waals surface area contributed by atoms with Crippen LogP contribution in [0.25, 0.3) is 5.57 Å². The van der Waals surface area contributed by atoms with Crippen molar-refractivity contribution in [3.8, 4) is 11.5 Å². The van der Waals surface area contributed by atoms with Crippen molar-refractivity contribution in [2.45, 2.75) is 59.5 Å². The largest absolute Gasteiger partial charge is 0.493 e. The second-order valence-electron chi connectivity index (χ2n) is 8.34. The normalized spacial score (nSPS) is 12.4. The van der Waals surface area contributed by atoms with Gasteiger partial charge in [-0.1, -0.05) is 45.4 Å². The lowest BCUT2D eigenvalue weighted by Crippen LogP contribution is -2.26. The first-order valence-corrected chi connectivity index (χ1v) is 11.4. The molecule has 170 valence electrons. The Kier molecular flexibility index (Phi) is 8.09. The van der Waals surface area contributed by atoms with E-state index in [9.17, 15) is 9.59 Å². The Morgan fingerprint density at radius 3 is 2.19 bits per heavy atom. The summed E-state index contributed by atoms with van der Waals surface area (Å²) in [5, 5.41) is 0. The van der Waals surface area contributed by atoms with Crippen LogP contribution in [-0.2, 0) is 13.1 Å². The number of unbranched alkanes of at least 4 members (excludes halogenated alkanes) is 2. The van der Waals surface area contributed by atoms with E-state index in [2.05, 4.69) is 20.4 Å². The van der Waals surface area contributed by atoms with Crippen molar-refractivity contribution < 1.29 is 19.1 Å². The molecular formula is C27H33NO4. The van der Waals surface area contributed by atoms with E-state index < -0.39 is 0 Å². The van der Waals surface area contributed by atoms with Crippen molar-refractivity contribution in [2.75, 3.05) is 13.2 Å². The van der Waals surface area contributed by atoms with E-state index in [4.69, 9.17) is 9.47 Å². The maximum atomic E-state index is 13.6. The molecule has 5 heteroatoms. The fourth-order valence-electron chi connectivity index (χ4n) is 3.76. The molecule has 0 bridgehead atoms. The highest BCUT2D eigenvalue weighted by Gasteiger charge is 2.28. The molecule has 0 saturated heterocycles. The highest BCUT2D eigenvalue weighted by Crippen LogP contribution is 2.35. The molecule has 0 fully saturated rings. The summed E-state index contributed by atoms with van der Waals surface area (Å²) in [7, 11) is 0. The molecule has 0 atom stereocenters. The van der Waals surface area contributed by atoms with E-state index in [0.717, 1.165) is 54.2 Å². The SMILES string of the molecule is C=C(C)c1cc(C(=O)N2Cc3ccc(C=O)cc3C2)c(OCCCC)cc1OCCCC. The van der Waals surface area contributed by atoms with Crippen molar-refractivity contribution in [3.63, 3.8) is 0 Å². The molecule has 0 aromatic heterocycles. The Labute approximate surface area is 191 Å². The molecule has 2 aromatic rings. The lowest BCUT2D eigenvalue weighted by atomic mass is 10.0. The van der Waals surface area contributed by atoms with Crippen LogP contribution >= 0.6 is 0 Å². The predicted molar refractivity (Wildman–Crippen MR) is 127 cm³/mol. The zero-order valence-electron chi connectivity index (χ0n) is 19.4. The summed E-state index contributed by atoms with van der Waals surface area (Å²) in [6.45, 7) is 12.4. The molecule has 0 unspecified atom stereocenters. The lowest BCUT2D eigenvalue weighted by molar-refractivity contribution is 0.0746. The summed E-state index contributed by atoms with van der Waals surface area (Å²) in [5.41, 5.74) is 4.89. The Hall–Kier alpha value is -3.08. The molecule has 1 aliphatic heterocycles. The van der Waals surface area contributed by atoms with Crippen molar-refractivity contribution in [1.29, 1.82) is 0 Å². The number of aldehydes is 1. The molecule has 1 heterocycles. The van der Waals surface area contributed by atoms with Gasteiger partial charge in [0.05, 0.1) is 18.8 Å². The zero-order valence-corrected chi connectivity index (χ0v) is 19.4. The highest BCUT2D eigenvalue weighted by molar-refractivity contribution is 5.98. The predicted octanol–water partition coefficient (Wildman–Crippen LogP) is 6.05. The number of hydrogen-bond acceptors (Lipinski definition) is 4. The molecule has 0 saturated carbocycles. The van der Waals surface area contributed by atoms with Gasteiger partial charge in [-0.3, -0.25) is 9.59 Å². The van der Waals surface area contributed by atoms with Crippen molar-refractivity contribution in [2.24, 2.45) is 0 Å². The van der Waals surface area contributed by atoms with E-state index in [1.165, 1.54) is 0 Å². The molecule has 1 amide bonds. The zero-order chi connectivity index (χ0) is 23.1. The number of hydrogen-bond donors (Lipinski definition) is 0. The Balaban J connectivity index is 1.93. The van der Waals surface area contributed by atoms with E-state index in [0.29, 0.717) is 48.9 Å². The Bertz CT molecular complexity index is 995. The Morgan fingerprint density at radius 1 is 0.969 bits per heavy atom. The second kappa shape index (κ2) is 11.0. The van der Waals surface area contributed by atoms with Crippen LogP contribution in [0.1, 0.15) is 83.9 Å². The van der Waals surface area contributed by atoms with Crippen molar-refractivity contribution >= 4 is 17.8 Å². The molecule has 32 heavy (non-hydrogen) atoms. The number of allylic oxidation sites excluding steroid dienone is 1. The average molecular weight is 436 g/mol. The minimum Gasteiger partial charge on any atom is -0.493 e. The summed E-state index contributed by atoms with van der Waals surface area (Å²) in [5.74, 6) is 1.15. The number of carbonyl (C=O) groups excluding carboxylic acids is 2. The van der Waals surface area contributed by atoms with Gasteiger partial charge in [-0.15, -0.1) is 0 Å². The number of carbonyl (C=O) groups is 2. The quantitative estimate of drug-likeness (QED) is 0.319. The first-order valence-electron chi connectivity index (χ1n) is 11.4. The molecule has 3 rings (SSSR count). The van der Waals surface area contributed by atoms with Gasteiger partial charge in [-0.05, 0) is 48.6 Å². The van der Waals surface area contributed by atoms with Crippen LogP contribution in [0.15, 0.2) is 36.9 Å². The molecule has 0 radical (unpaired) electrons. The van der Waals surface area contributed by atoms with Gasteiger partial charge in [0.25, 0.3) is 5.91 Å². The summed E-state index contributed by atoms with van der Waals surface area (Å²) < 4.78 is 12.1. The number of nitrogens with zero attached hydrogens (tertiary/aromatic N) is 1. The number of ether oxygens (including phenoxy) is 2. The first-order chi connectivity index (χ1) is 15.5. The number of rotatable bonds is 11.